The molecule has 1 amide bonds. The minimum absolute atomic E-state index is 0.0860. The molecule has 2 saturated heterocycles. The summed E-state index contributed by atoms with van der Waals surface area (Å²) in [4.78, 5) is 30.3. The highest BCUT2D eigenvalue weighted by Crippen LogP contribution is 2.39. The molecule has 11 nitrogen and oxygen atoms in total. The largest absolute Gasteiger partial charge is 0.480 e. The fourth-order valence-corrected chi connectivity index (χ4v) is 6.73. The third kappa shape index (κ3) is 8.15. The predicted octanol–water partition coefficient (Wildman–Crippen LogP) is 5.70. The average molecular weight is 697 g/mol. The summed E-state index contributed by atoms with van der Waals surface area (Å²) >= 11 is 14.1. The lowest BCUT2D eigenvalue weighted by atomic mass is 9.99. The molecule has 0 aliphatic carbocycles. The SMILES string of the molecule is C/C=C(\C(Cl)=C(/C)c1cccc(-c2cnc(CNC[C@@H]3CCC(=O)N3)c(OC)n2)c1Cl)c1cnc(CN[C@@H]2CCO[C@H]2CC)c(OC)n1. The first kappa shape index (κ1) is 35.7. The number of aromatic nitrogens is 4. The summed E-state index contributed by atoms with van der Waals surface area (Å²) in [6.45, 7) is 8.31. The van der Waals surface area contributed by atoms with Crippen LogP contribution < -0.4 is 25.4 Å². The molecule has 3 aromatic rings. The summed E-state index contributed by atoms with van der Waals surface area (Å²) in [7, 11) is 3.15. The molecular formula is C35H43Cl2N7O4. The van der Waals surface area contributed by atoms with Crippen molar-refractivity contribution in [2.75, 3.05) is 27.4 Å². The molecule has 0 radical (unpaired) electrons. The molecule has 2 aliphatic heterocycles. The first-order valence-electron chi connectivity index (χ1n) is 16.2. The normalized spacial score (nSPS) is 20.1. The van der Waals surface area contributed by atoms with Gasteiger partial charge in [-0.05, 0) is 44.2 Å². The Hall–Kier alpha value is -3.61. The summed E-state index contributed by atoms with van der Waals surface area (Å²) in [6.07, 6.45) is 8.79. The van der Waals surface area contributed by atoms with Crippen molar-refractivity contribution in [2.45, 2.75) is 77.7 Å². The van der Waals surface area contributed by atoms with E-state index in [-0.39, 0.29) is 24.1 Å². The minimum Gasteiger partial charge on any atom is -0.480 e. The molecule has 0 spiro atoms. The minimum atomic E-state index is 0.0860. The highest BCUT2D eigenvalue weighted by Gasteiger charge is 2.27. The van der Waals surface area contributed by atoms with E-state index in [9.17, 15) is 4.79 Å². The number of rotatable bonds is 14. The fraction of sp³-hybridized carbons (Fsp3) is 0.457. The van der Waals surface area contributed by atoms with E-state index in [0.29, 0.717) is 81.8 Å². The number of amides is 1. The van der Waals surface area contributed by atoms with E-state index in [0.717, 1.165) is 37.0 Å². The Bertz CT molecular complexity index is 1680. The predicted molar refractivity (Wildman–Crippen MR) is 188 cm³/mol. The zero-order valence-electron chi connectivity index (χ0n) is 28.0. The van der Waals surface area contributed by atoms with Crippen molar-refractivity contribution < 1.29 is 19.0 Å². The maximum Gasteiger partial charge on any atom is 0.237 e. The highest BCUT2D eigenvalue weighted by molar-refractivity contribution is 6.41. The Morgan fingerprint density at radius 3 is 2.56 bits per heavy atom. The zero-order chi connectivity index (χ0) is 34.2. The molecular weight excluding hydrogens is 653 g/mol. The van der Waals surface area contributed by atoms with E-state index < -0.39 is 0 Å². The first-order chi connectivity index (χ1) is 23.3. The van der Waals surface area contributed by atoms with Gasteiger partial charge in [0.2, 0.25) is 17.7 Å². The maximum absolute atomic E-state index is 11.5. The van der Waals surface area contributed by atoms with E-state index >= 15 is 0 Å². The number of ether oxygens (including phenoxy) is 3. The zero-order valence-corrected chi connectivity index (χ0v) is 29.5. The van der Waals surface area contributed by atoms with Crippen LogP contribution in [0.15, 0.2) is 41.7 Å². The number of carbonyl (C=O) groups is 1. The number of nitrogens with zero attached hydrogens (tertiary/aromatic N) is 4. The van der Waals surface area contributed by atoms with Crippen LogP contribution in [0.5, 0.6) is 11.8 Å². The molecule has 2 aliphatic rings. The summed E-state index contributed by atoms with van der Waals surface area (Å²) < 4.78 is 17.0. The number of hydrogen-bond donors (Lipinski definition) is 3. The van der Waals surface area contributed by atoms with Gasteiger partial charge in [0, 0.05) is 55.9 Å². The van der Waals surface area contributed by atoms with Gasteiger partial charge in [-0.25, -0.2) is 9.97 Å². The lowest BCUT2D eigenvalue weighted by molar-refractivity contribution is -0.119. The molecule has 2 aromatic heterocycles. The Labute approximate surface area is 291 Å². The van der Waals surface area contributed by atoms with Gasteiger partial charge in [-0.1, -0.05) is 54.4 Å². The number of halogens is 2. The third-order valence-electron chi connectivity index (χ3n) is 8.73. The molecule has 48 heavy (non-hydrogen) atoms. The molecule has 13 heteroatoms. The number of carbonyl (C=O) groups excluding carboxylic acids is 1. The van der Waals surface area contributed by atoms with Crippen molar-refractivity contribution in [1.29, 1.82) is 0 Å². The standard InChI is InChI=1S/C35H43Cl2N7O4/c1-6-22(26-17-41-29(35(43-26)47-5)19-39-25-13-14-48-30(25)7-2)32(36)20(3)23-9-8-10-24(33(23)37)27-18-40-28(34(44-27)46-4)16-38-15-21-11-12-31(45)42-21/h6,8-10,17-18,21,25,30,38-39H,7,11-16,19H2,1-5H3,(H,42,45)/b22-6-,32-20-/t21-,25+,30-/m0/s1. The lowest BCUT2D eigenvalue weighted by Gasteiger charge is -2.19. The number of methoxy groups -OCH3 is 2. The average Bonchev–Trinajstić information content (AvgIpc) is 3.75. The molecule has 2 fully saturated rings. The number of benzene rings is 1. The van der Waals surface area contributed by atoms with E-state index in [4.69, 9.17) is 52.4 Å². The molecule has 3 atom stereocenters. The van der Waals surface area contributed by atoms with Gasteiger partial charge in [0.15, 0.2) is 0 Å². The molecule has 0 unspecified atom stereocenters. The smallest absolute Gasteiger partial charge is 0.237 e. The van der Waals surface area contributed by atoms with E-state index in [2.05, 4.69) is 27.9 Å². The second-order valence-electron chi connectivity index (χ2n) is 11.8. The Kier molecular flexibility index (Phi) is 12.4. The van der Waals surface area contributed by atoms with Gasteiger partial charge in [-0.3, -0.25) is 14.8 Å². The molecule has 256 valence electrons. The van der Waals surface area contributed by atoms with Crippen LogP contribution in [0.4, 0.5) is 0 Å². The molecule has 5 rings (SSSR count). The van der Waals surface area contributed by atoms with Crippen LogP contribution in [0.25, 0.3) is 22.4 Å². The van der Waals surface area contributed by atoms with Gasteiger partial charge >= 0.3 is 0 Å². The van der Waals surface area contributed by atoms with Crippen LogP contribution in [0, 0.1) is 0 Å². The van der Waals surface area contributed by atoms with Crippen molar-refractivity contribution in [3.05, 3.63) is 69.4 Å². The quantitative estimate of drug-likeness (QED) is 0.180. The van der Waals surface area contributed by atoms with Crippen molar-refractivity contribution in [3.63, 3.8) is 0 Å². The second kappa shape index (κ2) is 16.7. The molecule has 0 saturated carbocycles. The number of nitrogens with one attached hydrogen (secondary N) is 3. The van der Waals surface area contributed by atoms with Gasteiger partial charge in [0.1, 0.15) is 11.4 Å². The summed E-state index contributed by atoms with van der Waals surface area (Å²) in [6, 6.07) is 6.09. The van der Waals surface area contributed by atoms with Crippen LogP contribution in [-0.4, -0.2) is 71.4 Å². The van der Waals surface area contributed by atoms with Crippen molar-refractivity contribution >= 4 is 40.3 Å². The van der Waals surface area contributed by atoms with Crippen LogP contribution in [0.2, 0.25) is 5.02 Å². The first-order valence-corrected chi connectivity index (χ1v) is 17.0. The van der Waals surface area contributed by atoms with Gasteiger partial charge < -0.3 is 30.2 Å². The summed E-state index contributed by atoms with van der Waals surface area (Å²) in [5.74, 6) is 0.916. The topological polar surface area (TPSA) is 132 Å². The fourth-order valence-electron chi connectivity index (χ4n) is 6.06. The lowest BCUT2D eigenvalue weighted by Crippen LogP contribution is -2.35. The number of hydrogen-bond acceptors (Lipinski definition) is 10. The molecule has 0 bridgehead atoms. The van der Waals surface area contributed by atoms with Crippen molar-refractivity contribution in [3.8, 4) is 23.0 Å². The van der Waals surface area contributed by atoms with Crippen LogP contribution in [-0.2, 0) is 22.6 Å². The monoisotopic (exact) mass is 695 g/mol. The maximum atomic E-state index is 11.5. The van der Waals surface area contributed by atoms with Gasteiger partial charge in [0.25, 0.3) is 0 Å². The van der Waals surface area contributed by atoms with Crippen LogP contribution in [0.1, 0.15) is 69.1 Å². The van der Waals surface area contributed by atoms with E-state index in [1.807, 2.05) is 38.1 Å². The Morgan fingerprint density at radius 1 is 1.10 bits per heavy atom. The molecule has 4 heterocycles. The van der Waals surface area contributed by atoms with Crippen molar-refractivity contribution in [1.82, 2.24) is 35.9 Å². The van der Waals surface area contributed by atoms with Crippen molar-refractivity contribution in [2.24, 2.45) is 0 Å². The second-order valence-corrected chi connectivity index (χ2v) is 12.5. The van der Waals surface area contributed by atoms with Gasteiger partial charge in [-0.2, -0.15) is 0 Å². The van der Waals surface area contributed by atoms with Gasteiger partial charge in [-0.15, -0.1) is 0 Å². The number of allylic oxidation sites excluding steroid dienone is 4. The van der Waals surface area contributed by atoms with E-state index in [1.165, 1.54) is 0 Å². The summed E-state index contributed by atoms with van der Waals surface area (Å²) in [5, 5.41) is 10.8. The Morgan fingerprint density at radius 2 is 1.85 bits per heavy atom. The third-order valence-corrected chi connectivity index (χ3v) is 9.62. The van der Waals surface area contributed by atoms with Gasteiger partial charge in [0.05, 0.1) is 54.2 Å². The molecule has 1 aromatic carbocycles. The molecule has 3 N–H and O–H groups in total. The van der Waals surface area contributed by atoms with Crippen LogP contribution >= 0.6 is 23.2 Å². The van der Waals surface area contributed by atoms with E-state index in [1.54, 1.807) is 26.6 Å². The summed E-state index contributed by atoms with van der Waals surface area (Å²) in [5.41, 5.74) is 5.41. The Balaban J connectivity index is 1.34. The highest BCUT2D eigenvalue weighted by atomic mass is 35.5. The van der Waals surface area contributed by atoms with Crippen LogP contribution in [0.3, 0.4) is 0 Å².